The van der Waals surface area contributed by atoms with Crippen LogP contribution in [0.25, 0.3) is 0 Å². The molecule has 1 spiro atoms. The zero-order chi connectivity index (χ0) is 25.9. The molecule has 0 aromatic carbocycles. The Bertz CT molecular complexity index is 995. The Balaban J connectivity index is 1.39. The fourth-order valence-corrected chi connectivity index (χ4v) is 11.3. The summed E-state index contributed by atoms with van der Waals surface area (Å²) in [5.41, 5.74) is -9.07. The zero-order valence-corrected chi connectivity index (χ0v) is 21.6. The van der Waals surface area contributed by atoms with E-state index in [9.17, 15) is 35.7 Å². The molecule has 0 amide bonds. The highest BCUT2D eigenvalue weighted by atomic mass is 16.7. The summed E-state index contributed by atoms with van der Waals surface area (Å²) in [7, 11) is 0. The van der Waals surface area contributed by atoms with E-state index in [1.807, 2.05) is 6.92 Å². The lowest BCUT2D eigenvalue weighted by Crippen LogP contribution is -2.85. The zero-order valence-electron chi connectivity index (χ0n) is 21.6. The van der Waals surface area contributed by atoms with E-state index in [1.165, 1.54) is 0 Å². The first-order valence-corrected chi connectivity index (χ1v) is 14.0. The molecule has 7 N–H and O–H groups in total. The Morgan fingerprint density at radius 2 is 1.47 bits per heavy atom. The number of aliphatic hydroxyl groups is 7. The van der Waals surface area contributed by atoms with Gasteiger partial charge in [0.25, 0.3) is 0 Å². The molecule has 7 fully saturated rings. The normalized spacial score (nSPS) is 68.0. The SMILES string of the molecule is CC1CCC2N(C1)CC1C3(O)C[C@]45O[C@]6(O)C(O)CCC4(C)C6CCC5C3(O)CC(O)C1(O)C2(C)O. The van der Waals surface area contributed by atoms with E-state index in [0.29, 0.717) is 44.6 Å². The number of ether oxygens (including phenoxy) is 1. The highest BCUT2D eigenvalue weighted by molar-refractivity contribution is 5.37. The van der Waals surface area contributed by atoms with E-state index in [4.69, 9.17) is 4.74 Å². The molecule has 4 saturated carbocycles. The topological polar surface area (TPSA) is 154 Å². The Labute approximate surface area is 212 Å². The first-order chi connectivity index (χ1) is 16.6. The molecule has 36 heavy (non-hydrogen) atoms. The third-order valence-corrected chi connectivity index (χ3v) is 13.1. The summed E-state index contributed by atoms with van der Waals surface area (Å²) in [5.74, 6) is -3.30. The molecule has 7 aliphatic rings. The molecule has 9 nitrogen and oxygen atoms in total. The molecule has 0 aromatic rings. The maximum atomic E-state index is 12.7. The van der Waals surface area contributed by atoms with Crippen LogP contribution in [0.3, 0.4) is 0 Å². The summed E-state index contributed by atoms with van der Waals surface area (Å²) in [4.78, 5) is 2.12. The molecule has 4 aliphatic carbocycles. The van der Waals surface area contributed by atoms with Crippen LogP contribution >= 0.6 is 0 Å². The molecule has 4 bridgehead atoms. The van der Waals surface area contributed by atoms with Crippen molar-refractivity contribution in [3.8, 4) is 0 Å². The van der Waals surface area contributed by atoms with Crippen molar-refractivity contribution in [2.75, 3.05) is 13.1 Å². The number of hydrogen-bond donors (Lipinski definition) is 7. The number of rotatable bonds is 0. The second kappa shape index (κ2) is 6.67. The summed E-state index contributed by atoms with van der Waals surface area (Å²) in [6.07, 6.45) is 0.752. The Morgan fingerprint density at radius 3 is 2.19 bits per heavy atom. The van der Waals surface area contributed by atoms with E-state index >= 15 is 0 Å². The number of aliphatic hydroxyl groups excluding tert-OH is 2. The van der Waals surface area contributed by atoms with Gasteiger partial charge in [0.05, 0.1) is 11.7 Å². The first kappa shape index (κ1) is 24.7. The van der Waals surface area contributed by atoms with Crippen molar-refractivity contribution in [1.29, 1.82) is 0 Å². The van der Waals surface area contributed by atoms with Gasteiger partial charge in [0.15, 0.2) is 5.79 Å². The minimum Gasteiger partial charge on any atom is -0.390 e. The van der Waals surface area contributed by atoms with Crippen LogP contribution in [-0.2, 0) is 4.74 Å². The highest BCUT2D eigenvalue weighted by Gasteiger charge is 2.88. The van der Waals surface area contributed by atoms with Gasteiger partial charge in [0.2, 0.25) is 0 Å². The van der Waals surface area contributed by atoms with Gasteiger partial charge in [-0.25, -0.2) is 0 Å². The second-order valence-electron chi connectivity index (χ2n) is 14.3. The van der Waals surface area contributed by atoms with Crippen LogP contribution in [0.4, 0.5) is 0 Å². The van der Waals surface area contributed by atoms with Gasteiger partial charge in [-0.3, -0.25) is 4.90 Å². The molecule has 14 atom stereocenters. The van der Waals surface area contributed by atoms with Crippen molar-refractivity contribution < 1.29 is 40.5 Å². The lowest BCUT2D eigenvalue weighted by Gasteiger charge is -2.68. The summed E-state index contributed by atoms with van der Waals surface area (Å²) in [6.45, 7) is 6.70. The Kier molecular flexibility index (Phi) is 4.57. The molecule has 3 saturated heterocycles. The van der Waals surface area contributed by atoms with Crippen LogP contribution in [0.15, 0.2) is 0 Å². The third-order valence-electron chi connectivity index (χ3n) is 13.1. The quantitative estimate of drug-likeness (QED) is 0.228. The van der Waals surface area contributed by atoms with Crippen LogP contribution in [-0.4, -0.2) is 106 Å². The van der Waals surface area contributed by atoms with E-state index in [0.717, 1.165) is 6.42 Å². The molecule has 7 rings (SSSR count). The van der Waals surface area contributed by atoms with Gasteiger partial charge in [0.1, 0.15) is 28.5 Å². The summed E-state index contributed by atoms with van der Waals surface area (Å²) < 4.78 is 6.52. The van der Waals surface area contributed by atoms with Crippen molar-refractivity contribution in [2.24, 2.45) is 29.1 Å². The fraction of sp³-hybridized carbons (Fsp3) is 1.00. The number of fused-ring (bicyclic) bond motifs is 5. The van der Waals surface area contributed by atoms with Gasteiger partial charge >= 0.3 is 0 Å². The largest absolute Gasteiger partial charge is 0.390 e. The molecule has 3 aliphatic heterocycles. The number of nitrogens with zero attached hydrogens (tertiary/aromatic N) is 1. The van der Waals surface area contributed by atoms with E-state index < -0.39 is 63.3 Å². The van der Waals surface area contributed by atoms with Crippen LogP contribution in [0.1, 0.15) is 72.1 Å². The monoisotopic (exact) mass is 509 g/mol. The maximum absolute atomic E-state index is 12.7. The molecule has 3 heterocycles. The van der Waals surface area contributed by atoms with Gasteiger partial charge in [0, 0.05) is 55.1 Å². The lowest BCUT2D eigenvalue weighted by molar-refractivity contribution is -0.354. The van der Waals surface area contributed by atoms with Crippen molar-refractivity contribution in [1.82, 2.24) is 4.90 Å². The second-order valence-corrected chi connectivity index (χ2v) is 14.3. The van der Waals surface area contributed by atoms with E-state index in [-0.39, 0.29) is 31.3 Å². The Hall–Kier alpha value is -0.360. The van der Waals surface area contributed by atoms with Gasteiger partial charge in [-0.05, 0) is 51.4 Å². The van der Waals surface area contributed by atoms with Gasteiger partial charge in [-0.15, -0.1) is 0 Å². The molecule has 12 unspecified atom stereocenters. The minimum absolute atomic E-state index is 0.0208. The lowest BCUT2D eigenvalue weighted by atomic mass is 9.49. The number of hydrogen-bond acceptors (Lipinski definition) is 9. The summed E-state index contributed by atoms with van der Waals surface area (Å²) in [5, 5.41) is 83.2. The molecule has 0 aromatic heterocycles. The number of piperidine rings is 2. The molecule has 9 heteroatoms. The van der Waals surface area contributed by atoms with Crippen molar-refractivity contribution in [3.05, 3.63) is 0 Å². The van der Waals surface area contributed by atoms with E-state index in [2.05, 4.69) is 11.8 Å². The smallest absolute Gasteiger partial charge is 0.196 e. The Morgan fingerprint density at radius 1 is 0.778 bits per heavy atom. The standard InChI is InChI=1S/C27H43NO8/c1-14-4-7-18-22(3,31)26(34)17(12-28(18)11-14)24(33)13-25-16(23(24,32)10-20(26)30)6-5-15-21(25,2)9-8-19(29)27(15,35)36-25/h14-20,29-35H,4-13H2,1-3H3/t14?,15?,16?,17?,18?,19?,20?,21?,22?,23?,24?,25-,26?,27+/m1/s1. The van der Waals surface area contributed by atoms with Crippen LogP contribution in [0, 0.1) is 29.1 Å². The maximum Gasteiger partial charge on any atom is 0.196 e. The van der Waals surface area contributed by atoms with Gasteiger partial charge in [-0.1, -0.05) is 13.8 Å². The molecular weight excluding hydrogens is 466 g/mol. The molecule has 204 valence electrons. The van der Waals surface area contributed by atoms with Crippen LogP contribution in [0.2, 0.25) is 0 Å². The van der Waals surface area contributed by atoms with Crippen molar-refractivity contribution in [2.45, 2.75) is 124 Å². The third kappa shape index (κ3) is 2.27. The van der Waals surface area contributed by atoms with Gasteiger partial charge in [-0.2, -0.15) is 0 Å². The molecular formula is C27H43NO8. The van der Waals surface area contributed by atoms with Crippen molar-refractivity contribution in [3.63, 3.8) is 0 Å². The summed E-state index contributed by atoms with van der Waals surface area (Å²) in [6, 6.07) is -0.360. The predicted octanol–water partition coefficient (Wildman–Crippen LogP) is -0.526. The average Bonchev–Trinajstić information content (AvgIpc) is 2.97. The van der Waals surface area contributed by atoms with Crippen molar-refractivity contribution >= 4 is 0 Å². The fourth-order valence-electron chi connectivity index (χ4n) is 11.3. The van der Waals surface area contributed by atoms with Crippen LogP contribution in [0.5, 0.6) is 0 Å². The summed E-state index contributed by atoms with van der Waals surface area (Å²) >= 11 is 0. The molecule has 0 radical (unpaired) electrons. The van der Waals surface area contributed by atoms with Crippen LogP contribution < -0.4 is 0 Å². The first-order valence-electron chi connectivity index (χ1n) is 14.0. The average molecular weight is 510 g/mol. The highest BCUT2D eigenvalue weighted by Crippen LogP contribution is 2.78. The minimum atomic E-state index is -2.02. The van der Waals surface area contributed by atoms with Gasteiger partial charge < -0.3 is 40.5 Å². The van der Waals surface area contributed by atoms with E-state index in [1.54, 1.807) is 6.92 Å². The predicted molar refractivity (Wildman–Crippen MR) is 126 cm³/mol.